The highest BCUT2D eigenvalue weighted by Crippen LogP contribution is 2.34. The molecule has 11 nitrogen and oxygen atoms in total. The van der Waals surface area contributed by atoms with Gasteiger partial charge in [0, 0.05) is 16.8 Å². The number of hydrazone groups is 1. The molecule has 3 N–H and O–H groups in total. The number of nitrogens with zero attached hydrogens (tertiary/aromatic N) is 1. The Balaban J connectivity index is 1.62. The molecule has 0 unspecified atom stereocenters. The van der Waals surface area contributed by atoms with Gasteiger partial charge in [-0.2, -0.15) is 5.10 Å². The lowest BCUT2D eigenvalue weighted by molar-refractivity contribution is -0.120. The van der Waals surface area contributed by atoms with Gasteiger partial charge in [0.15, 0.2) is 29.6 Å². The highest BCUT2D eigenvalue weighted by atomic mass is 19.1. The molecule has 0 saturated carbocycles. The normalized spacial score (nSPS) is 10.5. The standard InChI is InChI=1S/C31H33FN4O7/c1-5-7-21-14-20(15-27(42-6-2)30(21)43-19-29(38)35-24-11-9-23(32)10-12-24)17-34-36-28(37)18-33-31(39)22-8-13-25(40-3)26(16-22)41-4/h5,8-17H,1,6-7,18-19H2,2-4H3,(H,33,39)(H,35,38)(H,36,37). The Morgan fingerprint density at radius 2 is 1.67 bits per heavy atom. The first-order valence-electron chi connectivity index (χ1n) is 13.2. The number of amides is 3. The summed E-state index contributed by atoms with van der Waals surface area (Å²) in [6.07, 6.45) is 3.47. The predicted octanol–water partition coefficient (Wildman–Crippen LogP) is 3.87. The van der Waals surface area contributed by atoms with Gasteiger partial charge < -0.3 is 29.6 Å². The van der Waals surface area contributed by atoms with Crippen molar-refractivity contribution in [3.8, 4) is 23.0 Å². The summed E-state index contributed by atoms with van der Waals surface area (Å²) >= 11 is 0. The third-order valence-corrected chi connectivity index (χ3v) is 5.75. The van der Waals surface area contributed by atoms with Gasteiger partial charge in [-0.1, -0.05) is 6.08 Å². The van der Waals surface area contributed by atoms with E-state index in [1.165, 1.54) is 50.8 Å². The average molecular weight is 593 g/mol. The van der Waals surface area contributed by atoms with Crippen molar-refractivity contribution in [3.05, 3.63) is 89.8 Å². The second kappa shape index (κ2) is 16.2. The summed E-state index contributed by atoms with van der Waals surface area (Å²) in [5.74, 6) is -0.290. The molecule has 0 bridgehead atoms. The van der Waals surface area contributed by atoms with Crippen LogP contribution >= 0.6 is 0 Å². The van der Waals surface area contributed by atoms with Crippen LogP contribution in [-0.2, 0) is 16.0 Å². The fraction of sp³-hybridized carbons (Fsp3) is 0.226. The largest absolute Gasteiger partial charge is 0.493 e. The van der Waals surface area contributed by atoms with E-state index >= 15 is 0 Å². The van der Waals surface area contributed by atoms with E-state index in [0.29, 0.717) is 58.4 Å². The highest BCUT2D eigenvalue weighted by Gasteiger charge is 2.16. The fourth-order valence-corrected chi connectivity index (χ4v) is 3.82. The summed E-state index contributed by atoms with van der Waals surface area (Å²) in [5.41, 5.74) is 4.34. The number of carbonyl (C=O) groups excluding carboxylic acids is 3. The van der Waals surface area contributed by atoms with Gasteiger partial charge >= 0.3 is 0 Å². The van der Waals surface area contributed by atoms with Gasteiger partial charge in [-0.3, -0.25) is 14.4 Å². The van der Waals surface area contributed by atoms with Crippen molar-refractivity contribution in [2.24, 2.45) is 5.10 Å². The van der Waals surface area contributed by atoms with E-state index in [9.17, 15) is 18.8 Å². The molecule has 3 rings (SSSR count). The Kier molecular flexibility index (Phi) is 12.1. The molecule has 0 radical (unpaired) electrons. The van der Waals surface area contributed by atoms with Crippen LogP contribution in [-0.4, -0.2) is 57.9 Å². The summed E-state index contributed by atoms with van der Waals surface area (Å²) in [6.45, 7) is 5.26. The maximum Gasteiger partial charge on any atom is 0.262 e. The van der Waals surface area contributed by atoms with Crippen LogP contribution in [0.2, 0.25) is 0 Å². The number of carbonyl (C=O) groups is 3. The maximum atomic E-state index is 13.1. The predicted molar refractivity (Wildman–Crippen MR) is 160 cm³/mol. The molecule has 0 saturated heterocycles. The molecule has 3 amide bonds. The van der Waals surface area contributed by atoms with E-state index in [2.05, 4.69) is 27.7 Å². The molecule has 0 aliphatic rings. The molecule has 0 aromatic heterocycles. The third kappa shape index (κ3) is 9.59. The average Bonchev–Trinajstić information content (AvgIpc) is 3.00. The van der Waals surface area contributed by atoms with Crippen LogP contribution in [0.25, 0.3) is 0 Å². The van der Waals surface area contributed by atoms with Crippen molar-refractivity contribution in [1.82, 2.24) is 10.7 Å². The van der Waals surface area contributed by atoms with Gasteiger partial charge in [0.05, 0.1) is 33.6 Å². The van der Waals surface area contributed by atoms with Gasteiger partial charge in [0.2, 0.25) is 0 Å². The zero-order valence-corrected chi connectivity index (χ0v) is 24.1. The Hall–Kier alpha value is -5.39. The molecule has 3 aromatic rings. The lowest BCUT2D eigenvalue weighted by atomic mass is 10.1. The molecular weight excluding hydrogens is 559 g/mol. The number of nitrogens with one attached hydrogen (secondary N) is 3. The molecule has 0 fully saturated rings. The van der Waals surface area contributed by atoms with Gasteiger partial charge in [0.1, 0.15) is 5.82 Å². The Morgan fingerprint density at radius 1 is 0.930 bits per heavy atom. The number of rotatable bonds is 15. The number of methoxy groups -OCH3 is 2. The minimum absolute atomic E-state index is 0.294. The quantitative estimate of drug-likeness (QED) is 0.138. The first-order chi connectivity index (χ1) is 20.8. The topological polar surface area (TPSA) is 137 Å². The molecule has 0 spiro atoms. The van der Waals surface area contributed by atoms with Crippen LogP contribution in [0.5, 0.6) is 23.0 Å². The van der Waals surface area contributed by atoms with Crippen molar-refractivity contribution in [3.63, 3.8) is 0 Å². The number of hydrogen-bond acceptors (Lipinski definition) is 8. The van der Waals surface area contributed by atoms with Gasteiger partial charge in [-0.25, -0.2) is 9.82 Å². The van der Waals surface area contributed by atoms with E-state index in [1.54, 1.807) is 37.3 Å². The van der Waals surface area contributed by atoms with E-state index in [-0.39, 0.29) is 13.2 Å². The Bertz CT molecular complexity index is 1480. The van der Waals surface area contributed by atoms with Crippen LogP contribution in [0.4, 0.5) is 10.1 Å². The first kappa shape index (κ1) is 32.1. The first-order valence-corrected chi connectivity index (χ1v) is 13.2. The van der Waals surface area contributed by atoms with Gasteiger partial charge in [-0.15, -0.1) is 6.58 Å². The van der Waals surface area contributed by atoms with Crippen LogP contribution in [0.3, 0.4) is 0 Å². The minimum atomic E-state index is -0.548. The molecule has 0 atom stereocenters. The third-order valence-electron chi connectivity index (χ3n) is 5.75. The van der Waals surface area contributed by atoms with Crippen molar-refractivity contribution in [2.75, 3.05) is 39.3 Å². The Labute approximate surface area is 248 Å². The number of anilines is 1. The number of benzene rings is 3. The Morgan fingerprint density at radius 3 is 2.35 bits per heavy atom. The maximum absolute atomic E-state index is 13.1. The lowest BCUT2D eigenvalue weighted by Gasteiger charge is -2.16. The monoisotopic (exact) mass is 592 g/mol. The summed E-state index contributed by atoms with van der Waals surface area (Å²) < 4.78 is 35.1. The number of hydrogen-bond donors (Lipinski definition) is 3. The van der Waals surface area contributed by atoms with Crippen LogP contribution in [0.15, 0.2) is 72.4 Å². The lowest BCUT2D eigenvalue weighted by Crippen LogP contribution is -2.34. The highest BCUT2D eigenvalue weighted by molar-refractivity contribution is 5.97. The van der Waals surface area contributed by atoms with Crippen molar-refractivity contribution < 1.29 is 37.7 Å². The van der Waals surface area contributed by atoms with E-state index in [1.807, 2.05) is 0 Å². The number of ether oxygens (including phenoxy) is 4. The second-order valence-electron chi connectivity index (χ2n) is 8.82. The van der Waals surface area contributed by atoms with Crippen molar-refractivity contribution >= 4 is 29.6 Å². The fourth-order valence-electron chi connectivity index (χ4n) is 3.82. The summed E-state index contributed by atoms with van der Waals surface area (Å²) in [5, 5.41) is 9.13. The molecular formula is C31H33FN4O7. The van der Waals surface area contributed by atoms with Crippen molar-refractivity contribution in [1.29, 1.82) is 0 Å². The van der Waals surface area contributed by atoms with Crippen LogP contribution in [0, 0.1) is 5.82 Å². The molecule has 0 aliphatic carbocycles. The SMILES string of the molecule is C=CCc1cc(C=NNC(=O)CNC(=O)c2ccc(OC)c(OC)c2)cc(OCC)c1OCC(=O)Nc1ccc(F)cc1. The molecule has 43 heavy (non-hydrogen) atoms. The molecule has 12 heteroatoms. The second-order valence-corrected chi connectivity index (χ2v) is 8.82. The summed E-state index contributed by atoms with van der Waals surface area (Å²) in [7, 11) is 2.95. The molecule has 226 valence electrons. The van der Waals surface area contributed by atoms with Crippen LogP contribution < -0.4 is 35.0 Å². The van der Waals surface area contributed by atoms with Gasteiger partial charge in [0.25, 0.3) is 17.7 Å². The minimum Gasteiger partial charge on any atom is -0.493 e. The van der Waals surface area contributed by atoms with E-state index in [0.717, 1.165) is 0 Å². The summed E-state index contributed by atoms with van der Waals surface area (Å²) in [6, 6.07) is 13.4. The zero-order valence-electron chi connectivity index (χ0n) is 24.1. The van der Waals surface area contributed by atoms with E-state index in [4.69, 9.17) is 18.9 Å². The smallest absolute Gasteiger partial charge is 0.262 e. The molecule has 0 aliphatic heterocycles. The number of allylic oxidation sites excluding steroid dienone is 1. The number of halogens is 1. The van der Waals surface area contributed by atoms with Crippen molar-refractivity contribution in [2.45, 2.75) is 13.3 Å². The van der Waals surface area contributed by atoms with E-state index < -0.39 is 23.5 Å². The molecule has 0 heterocycles. The summed E-state index contributed by atoms with van der Waals surface area (Å²) in [4.78, 5) is 37.1. The van der Waals surface area contributed by atoms with Crippen LogP contribution in [0.1, 0.15) is 28.4 Å². The van der Waals surface area contributed by atoms with Gasteiger partial charge in [-0.05, 0) is 73.5 Å². The zero-order chi connectivity index (χ0) is 31.2. The molecule has 3 aromatic carbocycles.